The maximum atomic E-state index is 12.2. The van der Waals surface area contributed by atoms with Crippen LogP contribution in [0.25, 0.3) is 0 Å². The fourth-order valence-electron chi connectivity index (χ4n) is 1.74. The van der Waals surface area contributed by atoms with Gasteiger partial charge in [0, 0.05) is 31.1 Å². The Labute approximate surface area is 113 Å². The molecule has 0 fully saturated rings. The fraction of sp³-hybridized carbons (Fsp3) is 0.692. The van der Waals surface area contributed by atoms with Crippen LogP contribution < -0.4 is 5.73 Å². The van der Waals surface area contributed by atoms with E-state index in [0.717, 1.165) is 17.8 Å². The van der Waals surface area contributed by atoms with Crippen LogP contribution in [0.2, 0.25) is 0 Å². The van der Waals surface area contributed by atoms with Crippen LogP contribution in [0.4, 0.5) is 0 Å². The van der Waals surface area contributed by atoms with Gasteiger partial charge in [-0.1, -0.05) is 20.3 Å². The summed E-state index contributed by atoms with van der Waals surface area (Å²) in [4.78, 5) is 18.3. The highest BCUT2D eigenvalue weighted by molar-refractivity contribution is 7.09. The normalized spacial score (nSPS) is 14.2. The molecule has 2 N–H and O–H groups in total. The molecule has 0 saturated carbocycles. The maximum absolute atomic E-state index is 12.2. The molecular weight excluding hydrogens is 246 g/mol. The summed E-state index contributed by atoms with van der Waals surface area (Å²) in [6.45, 7) is 7.48. The molecule has 4 nitrogen and oxygen atoms in total. The van der Waals surface area contributed by atoms with Gasteiger partial charge in [-0.05, 0) is 12.8 Å². The number of thiazole rings is 1. The zero-order valence-electron chi connectivity index (χ0n) is 11.4. The Bertz CT molecular complexity index is 353. The minimum atomic E-state index is -0.383. The van der Waals surface area contributed by atoms with Crippen LogP contribution >= 0.6 is 11.3 Å². The van der Waals surface area contributed by atoms with Gasteiger partial charge >= 0.3 is 0 Å². The molecule has 1 rings (SSSR count). The van der Waals surface area contributed by atoms with Crippen LogP contribution in [-0.4, -0.2) is 34.9 Å². The first-order valence-corrected chi connectivity index (χ1v) is 7.40. The van der Waals surface area contributed by atoms with Gasteiger partial charge in [-0.25, -0.2) is 4.98 Å². The Hall–Kier alpha value is -0.940. The van der Waals surface area contributed by atoms with Gasteiger partial charge in [0.1, 0.15) is 0 Å². The highest BCUT2D eigenvalue weighted by Crippen LogP contribution is 2.10. The predicted molar refractivity (Wildman–Crippen MR) is 75.5 cm³/mol. The zero-order valence-corrected chi connectivity index (χ0v) is 12.2. The Morgan fingerprint density at radius 3 is 2.78 bits per heavy atom. The summed E-state index contributed by atoms with van der Waals surface area (Å²) in [6, 6.07) is -0.383. The highest BCUT2D eigenvalue weighted by Gasteiger charge is 2.23. The van der Waals surface area contributed by atoms with Gasteiger partial charge in [0.2, 0.25) is 5.91 Å². The topological polar surface area (TPSA) is 59.2 Å². The molecule has 2 unspecified atom stereocenters. The Kier molecular flexibility index (Phi) is 6.29. The van der Waals surface area contributed by atoms with Crippen LogP contribution in [-0.2, 0) is 11.2 Å². The van der Waals surface area contributed by atoms with E-state index in [-0.39, 0.29) is 17.9 Å². The lowest BCUT2D eigenvalue weighted by Crippen LogP contribution is -2.47. The monoisotopic (exact) mass is 269 g/mol. The van der Waals surface area contributed by atoms with Gasteiger partial charge in [-0.3, -0.25) is 4.79 Å². The van der Waals surface area contributed by atoms with Crippen LogP contribution in [0.15, 0.2) is 11.6 Å². The minimum absolute atomic E-state index is 0.0587. The highest BCUT2D eigenvalue weighted by atomic mass is 32.1. The average Bonchev–Trinajstić information content (AvgIpc) is 2.90. The second-order valence-electron chi connectivity index (χ2n) is 4.51. The van der Waals surface area contributed by atoms with E-state index in [4.69, 9.17) is 5.73 Å². The lowest BCUT2D eigenvalue weighted by molar-refractivity contribution is -0.133. The largest absolute Gasteiger partial charge is 0.341 e. The summed E-state index contributed by atoms with van der Waals surface area (Å²) in [5.41, 5.74) is 5.99. The molecular formula is C13H23N3OS. The van der Waals surface area contributed by atoms with Crippen LogP contribution in [0, 0.1) is 5.92 Å². The third-order valence-electron chi connectivity index (χ3n) is 3.31. The van der Waals surface area contributed by atoms with E-state index in [0.29, 0.717) is 13.1 Å². The van der Waals surface area contributed by atoms with Crippen molar-refractivity contribution in [2.24, 2.45) is 11.7 Å². The number of carbonyl (C=O) groups is 1. The first-order chi connectivity index (χ1) is 8.60. The quantitative estimate of drug-likeness (QED) is 0.822. The van der Waals surface area contributed by atoms with Crippen LogP contribution in [0.3, 0.4) is 0 Å². The first-order valence-electron chi connectivity index (χ1n) is 6.52. The molecule has 1 aromatic rings. The van der Waals surface area contributed by atoms with Crippen molar-refractivity contribution in [3.8, 4) is 0 Å². The fourth-order valence-corrected chi connectivity index (χ4v) is 2.35. The number of amides is 1. The second kappa shape index (κ2) is 7.48. The molecule has 0 bridgehead atoms. The van der Waals surface area contributed by atoms with Crippen molar-refractivity contribution in [3.05, 3.63) is 16.6 Å². The van der Waals surface area contributed by atoms with Gasteiger partial charge in [0.25, 0.3) is 0 Å². The molecule has 1 amide bonds. The SMILES string of the molecule is CCC(C)C(N)C(=O)N(CC)CCc1nccs1. The second-order valence-corrected chi connectivity index (χ2v) is 5.48. The first kappa shape index (κ1) is 15.1. The van der Waals surface area contributed by atoms with E-state index in [2.05, 4.69) is 11.9 Å². The van der Waals surface area contributed by atoms with Crippen molar-refractivity contribution < 1.29 is 4.79 Å². The Morgan fingerprint density at radius 2 is 2.28 bits per heavy atom. The van der Waals surface area contributed by atoms with E-state index in [1.807, 2.05) is 24.1 Å². The molecule has 18 heavy (non-hydrogen) atoms. The number of nitrogens with two attached hydrogens (primary N) is 1. The van der Waals surface area contributed by atoms with Crippen molar-refractivity contribution in [3.63, 3.8) is 0 Å². The molecule has 5 heteroatoms. The smallest absolute Gasteiger partial charge is 0.239 e. The zero-order chi connectivity index (χ0) is 13.5. The molecule has 0 radical (unpaired) electrons. The van der Waals surface area contributed by atoms with Gasteiger partial charge in [-0.2, -0.15) is 0 Å². The van der Waals surface area contributed by atoms with Gasteiger partial charge in [0.15, 0.2) is 0 Å². The number of nitrogens with zero attached hydrogens (tertiary/aromatic N) is 2. The summed E-state index contributed by atoms with van der Waals surface area (Å²) >= 11 is 1.63. The van der Waals surface area contributed by atoms with Crippen molar-refractivity contribution in [2.45, 2.75) is 39.7 Å². The molecule has 1 aromatic heterocycles. The molecule has 0 spiro atoms. The molecule has 0 aliphatic heterocycles. The number of rotatable bonds is 7. The molecule has 0 aromatic carbocycles. The molecule has 0 aliphatic carbocycles. The minimum Gasteiger partial charge on any atom is -0.341 e. The third-order valence-corrected chi connectivity index (χ3v) is 4.15. The molecule has 2 atom stereocenters. The Balaban J connectivity index is 2.52. The number of hydrogen-bond donors (Lipinski definition) is 1. The lowest BCUT2D eigenvalue weighted by atomic mass is 9.99. The number of carbonyl (C=O) groups excluding carboxylic acids is 1. The van der Waals surface area contributed by atoms with Gasteiger partial charge < -0.3 is 10.6 Å². The van der Waals surface area contributed by atoms with E-state index >= 15 is 0 Å². The van der Waals surface area contributed by atoms with Crippen LogP contribution in [0.1, 0.15) is 32.2 Å². The molecule has 1 heterocycles. The molecule has 102 valence electrons. The number of aromatic nitrogens is 1. The van der Waals surface area contributed by atoms with Crippen molar-refractivity contribution in [1.29, 1.82) is 0 Å². The van der Waals surface area contributed by atoms with E-state index in [9.17, 15) is 4.79 Å². The van der Waals surface area contributed by atoms with Crippen molar-refractivity contribution in [1.82, 2.24) is 9.88 Å². The summed E-state index contributed by atoms with van der Waals surface area (Å²) in [7, 11) is 0. The predicted octanol–water partition coefficient (Wildman–Crippen LogP) is 1.91. The van der Waals surface area contributed by atoms with E-state index < -0.39 is 0 Å². The van der Waals surface area contributed by atoms with Gasteiger partial charge in [0.05, 0.1) is 11.0 Å². The lowest BCUT2D eigenvalue weighted by Gasteiger charge is -2.26. The number of likely N-dealkylation sites (N-methyl/N-ethyl adjacent to an activating group) is 1. The van der Waals surface area contributed by atoms with Crippen molar-refractivity contribution >= 4 is 17.2 Å². The average molecular weight is 269 g/mol. The summed E-state index contributed by atoms with van der Waals surface area (Å²) in [5.74, 6) is 0.287. The molecule has 0 aliphatic rings. The van der Waals surface area contributed by atoms with Gasteiger partial charge in [-0.15, -0.1) is 11.3 Å². The summed E-state index contributed by atoms with van der Waals surface area (Å²) in [5, 5.41) is 3.02. The Morgan fingerprint density at radius 1 is 1.56 bits per heavy atom. The maximum Gasteiger partial charge on any atom is 0.239 e. The van der Waals surface area contributed by atoms with E-state index in [1.54, 1.807) is 17.5 Å². The van der Waals surface area contributed by atoms with Crippen molar-refractivity contribution in [2.75, 3.05) is 13.1 Å². The van der Waals surface area contributed by atoms with Crippen LogP contribution in [0.5, 0.6) is 0 Å². The standard InChI is InChI=1S/C13H23N3OS/c1-4-10(3)12(14)13(17)16(5-2)8-6-11-15-7-9-18-11/h7,9-10,12H,4-6,8,14H2,1-3H3. The summed E-state index contributed by atoms with van der Waals surface area (Å²) < 4.78 is 0. The molecule has 0 saturated heterocycles. The van der Waals surface area contributed by atoms with E-state index in [1.165, 1.54) is 0 Å². The summed E-state index contributed by atoms with van der Waals surface area (Å²) in [6.07, 6.45) is 3.53. The third kappa shape index (κ3) is 4.07. The number of hydrogen-bond acceptors (Lipinski definition) is 4.